The maximum absolute atomic E-state index is 13.0. The van der Waals surface area contributed by atoms with Crippen molar-refractivity contribution in [3.63, 3.8) is 0 Å². The van der Waals surface area contributed by atoms with Crippen LogP contribution >= 0.6 is 0 Å². The Labute approximate surface area is 193 Å². The van der Waals surface area contributed by atoms with Gasteiger partial charge in [-0.25, -0.2) is 4.98 Å². The summed E-state index contributed by atoms with van der Waals surface area (Å²) in [6.45, 7) is 4.77. The first-order valence-corrected chi connectivity index (χ1v) is 11.8. The van der Waals surface area contributed by atoms with Gasteiger partial charge in [-0.2, -0.15) is 0 Å². The lowest BCUT2D eigenvalue weighted by atomic mass is 10.1. The Morgan fingerprint density at radius 3 is 2.55 bits per heavy atom. The zero-order valence-corrected chi connectivity index (χ0v) is 18.8. The first-order chi connectivity index (χ1) is 16.2. The van der Waals surface area contributed by atoms with Crippen molar-refractivity contribution in [2.75, 3.05) is 26.3 Å². The summed E-state index contributed by atoms with van der Waals surface area (Å²) >= 11 is 0. The van der Waals surface area contributed by atoms with Crippen LogP contribution in [0.1, 0.15) is 42.3 Å². The average Bonchev–Trinajstić information content (AvgIpc) is 3.68. The summed E-state index contributed by atoms with van der Waals surface area (Å²) in [5.74, 6) is 0.685. The number of hydrogen-bond acceptors (Lipinski definition) is 5. The fraction of sp³-hybridized carbons (Fsp3) is 0.423. The first kappa shape index (κ1) is 21.8. The molecule has 1 N–H and O–H groups in total. The maximum Gasteiger partial charge on any atom is 0.261 e. The average molecular weight is 447 g/mol. The number of para-hydroxylation sites is 1. The van der Waals surface area contributed by atoms with E-state index in [0.717, 1.165) is 51.3 Å². The van der Waals surface area contributed by atoms with Crippen LogP contribution in [0.2, 0.25) is 0 Å². The molecule has 1 saturated carbocycles. The quantitative estimate of drug-likeness (QED) is 0.576. The van der Waals surface area contributed by atoms with Crippen LogP contribution in [0, 0.1) is 0 Å². The Morgan fingerprint density at radius 1 is 1.03 bits per heavy atom. The van der Waals surface area contributed by atoms with Crippen LogP contribution in [0.5, 0.6) is 0 Å². The third-order valence-corrected chi connectivity index (χ3v) is 6.46. The zero-order valence-electron chi connectivity index (χ0n) is 18.8. The maximum atomic E-state index is 13.0. The van der Waals surface area contributed by atoms with E-state index in [0.29, 0.717) is 36.1 Å². The van der Waals surface area contributed by atoms with Crippen molar-refractivity contribution in [3.8, 4) is 0 Å². The number of nitrogens with zero attached hydrogens (tertiary/aromatic N) is 3. The van der Waals surface area contributed by atoms with Gasteiger partial charge in [-0.15, -0.1) is 0 Å². The van der Waals surface area contributed by atoms with Crippen LogP contribution in [0.4, 0.5) is 0 Å². The predicted molar refractivity (Wildman–Crippen MR) is 127 cm³/mol. The number of nitrogens with one attached hydrogen (secondary N) is 1. The molecule has 1 aliphatic carbocycles. The Hall–Kier alpha value is -3.03. The van der Waals surface area contributed by atoms with Crippen molar-refractivity contribution in [3.05, 3.63) is 75.8 Å². The van der Waals surface area contributed by atoms with Crippen molar-refractivity contribution in [1.82, 2.24) is 19.8 Å². The van der Waals surface area contributed by atoms with Gasteiger partial charge in [0.1, 0.15) is 5.82 Å². The molecule has 1 amide bonds. The summed E-state index contributed by atoms with van der Waals surface area (Å²) in [6, 6.07) is 15.9. The molecule has 33 heavy (non-hydrogen) atoms. The summed E-state index contributed by atoms with van der Waals surface area (Å²) in [6.07, 6.45) is 2.76. The Morgan fingerprint density at radius 2 is 1.76 bits per heavy atom. The number of morpholine rings is 1. The molecule has 1 aliphatic heterocycles. The molecule has 0 bridgehead atoms. The number of amides is 1. The summed E-state index contributed by atoms with van der Waals surface area (Å²) in [7, 11) is 0. The van der Waals surface area contributed by atoms with Gasteiger partial charge in [-0.1, -0.05) is 36.4 Å². The largest absolute Gasteiger partial charge is 0.379 e. The van der Waals surface area contributed by atoms with Crippen molar-refractivity contribution >= 4 is 16.8 Å². The van der Waals surface area contributed by atoms with E-state index >= 15 is 0 Å². The van der Waals surface area contributed by atoms with Crippen LogP contribution in [-0.2, 0) is 29.0 Å². The van der Waals surface area contributed by atoms with Gasteiger partial charge in [0.05, 0.1) is 24.1 Å². The monoisotopic (exact) mass is 446 g/mol. The third-order valence-electron chi connectivity index (χ3n) is 6.46. The second-order valence-electron chi connectivity index (χ2n) is 8.89. The van der Waals surface area contributed by atoms with Gasteiger partial charge in [-0.3, -0.25) is 19.1 Å². The van der Waals surface area contributed by atoms with E-state index in [1.807, 2.05) is 41.0 Å². The highest BCUT2D eigenvalue weighted by Crippen LogP contribution is 2.34. The number of aryl methyl sites for hydroxylation is 1. The van der Waals surface area contributed by atoms with Crippen molar-refractivity contribution in [2.24, 2.45) is 0 Å². The molecule has 5 rings (SSSR count). The molecule has 1 saturated heterocycles. The lowest BCUT2D eigenvalue weighted by Gasteiger charge is -2.27. The molecule has 0 atom stereocenters. The van der Waals surface area contributed by atoms with Gasteiger partial charge in [0.25, 0.3) is 5.56 Å². The molecular formula is C26H30N4O3. The van der Waals surface area contributed by atoms with Gasteiger partial charge in [-0.05, 0) is 36.1 Å². The topological polar surface area (TPSA) is 76.5 Å². The molecule has 2 aromatic carbocycles. The third kappa shape index (κ3) is 5.15. The van der Waals surface area contributed by atoms with Gasteiger partial charge < -0.3 is 10.1 Å². The summed E-state index contributed by atoms with van der Waals surface area (Å²) < 4.78 is 7.26. The molecule has 2 heterocycles. The number of hydrogen-bond donors (Lipinski definition) is 1. The van der Waals surface area contributed by atoms with Crippen molar-refractivity contribution in [2.45, 2.75) is 44.8 Å². The van der Waals surface area contributed by atoms with Crippen LogP contribution in [0.3, 0.4) is 0 Å². The number of aromatic nitrogens is 2. The van der Waals surface area contributed by atoms with Gasteiger partial charge in [0.2, 0.25) is 5.91 Å². The van der Waals surface area contributed by atoms with E-state index in [-0.39, 0.29) is 17.5 Å². The number of rotatable bonds is 8. The van der Waals surface area contributed by atoms with E-state index in [1.54, 1.807) is 0 Å². The van der Waals surface area contributed by atoms with E-state index in [9.17, 15) is 9.59 Å². The number of ether oxygens (including phenoxy) is 1. The molecular weight excluding hydrogens is 416 g/mol. The second kappa shape index (κ2) is 9.85. The Balaban J connectivity index is 1.23. The minimum absolute atomic E-state index is 0.00977. The van der Waals surface area contributed by atoms with Crippen LogP contribution in [-0.4, -0.2) is 46.7 Å². The number of fused-ring (bicyclic) bond motifs is 1. The minimum atomic E-state index is -0.0269. The molecule has 172 valence electrons. The van der Waals surface area contributed by atoms with Crippen LogP contribution in [0.15, 0.2) is 53.3 Å². The van der Waals surface area contributed by atoms with Crippen LogP contribution in [0.25, 0.3) is 10.9 Å². The SMILES string of the molecule is O=C(CCc1nc2ccccc2c(=O)n1C1CC1)NCc1ccccc1CN1CCOCC1. The lowest BCUT2D eigenvalue weighted by molar-refractivity contribution is -0.121. The molecule has 7 nitrogen and oxygen atoms in total. The lowest BCUT2D eigenvalue weighted by Crippen LogP contribution is -2.36. The van der Waals surface area contributed by atoms with E-state index < -0.39 is 0 Å². The van der Waals surface area contributed by atoms with Crippen LogP contribution < -0.4 is 10.9 Å². The standard InChI is InChI=1S/C26H30N4O3/c31-25(27-17-19-5-1-2-6-20(19)18-29-13-15-33-16-14-29)12-11-24-28-23-8-4-3-7-22(23)26(32)30(24)21-9-10-21/h1-8,21H,9-18H2,(H,27,31). The van der Waals surface area contributed by atoms with Gasteiger partial charge in [0.15, 0.2) is 0 Å². The highest BCUT2D eigenvalue weighted by Gasteiger charge is 2.28. The van der Waals surface area contributed by atoms with E-state index in [4.69, 9.17) is 9.72 Å². The molecule has 2 aliphatic rings. The fourth-order valence-corrected chi connectivity index (χ4v) is 4.47. The van der Waals surface area contributed by atoms with E-state index in [2.05, 4.69) is 22.3 Å². The molecule has 1 aromatic heterocycles. The molecule has 3 aromatic rings. The Bertz CT molecular complexity index is 1200. The fourth-order valence-electron chi connectivity index (χ4n) is 4.47. The summed E-state index contributed by atoms with van der Waals surface area (Å²) in [4.78, 5) is 32.8. The number of carbonyl (C=O) groups excluding carboxylic acids is 1. The predicted octanol–water partition coefficient (Wildman–Crippen LogP) is 2.81. The van der Waals surface area contributed by atoms with E-state index in [1.165, 1.54) is 5.56 Å². The molecule has 0 spiro atoms. The number of benzene rings is 2. The number of carbonyl (C=O) groups is 1. The summed E-state index contributed by atoms with van der Waals surface area (Å²) in [5, 5.41) is 3.71. The highest BCUT2D eigenvalue weighted by molar-refractivity contribution is 5.78. The summed E-state index contributed by atoms with van der Waals surface area (Å²) in [5.41, 5.74) is 3.08. The highest BCUT2D eigenvalue weighted by atomic mass is 16.5. The smallest absolute Gasteiger partial charge is 0.261 e. The van der Waals surface area contributed by atoms with Crippen molar-refractivity contribution in [1.29, 1.82) is 0 Å². The van der Waals surface area contributed by atoms with Gasteiger partial charge in [0, 0.05) is 45.1 Å². The molecule has 2 fully saturated rings. The molecule has 0 unspecified atom stereocenters. The molecule has 0 radical (unpaired) electrons. The normalized spacial score (nSPS) is 16.7. The minimum Gasteiger partial charge on any atom is -0.379 e. The Kier molecular flexibility index (Phi) is 6.51. The molecule has 7 heteroatoms. The first-order valence-electron chi connectivity index (χ1n) is 11.8. The van der Waals surface area contributed by atoms with Crippen molar-refractivity contribution < 1.29 is 9.53 Å². The van der Waals surface area contributed by atoms with Gasteiger partial charge >= 0.3 is 0 Å². The second-order valence-corrected chi connectivity index (χ2v) is 8.89. The zero-order chi connectivity index (χ0) is 22.6.